The van der Waals surface area contributed by atoms with Crippen LogP contribution in [-0.4, -0.2) is 11.0 Å². The average molecular weight is 368 g/mol. The van der Waals surface area contributed by atoms with Gasteiger partial charge in [0.15, 0.2) is 0 Å². The van der Waals surface area contributed by atoms with Crippen LogP contribution in [0.5, 0.6) is 5.75 Å². The summed E-state index contributed by atoms with van der Waals surface area (Å²) < 4.78 is 0.895. The molecule has 0 radical (unpaired) electrons. The van der Waals surface area contributed by atoms with E-state index in [9.17, 15) is 9.90 Å². The number of benzene rings is 2. The third-order valence-electron chi connectivity index (χ3n) is 3.33. The third kappa shape index (κ3) is 2.99. The van der Waals surface area contributed by atoms with Crippen molar-refractivity contribution in [1.29, 1.82) is 0 Å². The second-order valence-electron chi connectivity index (χ2n) is 4.84. The van der Waals surface area contributed by atoms with E-state index in [1.54, 1.807) is 18.2 Å². The Balaban J connectivity index is 1.81. The molecule has 0 fully saturated rings. The van der Waals surface area contributed by atoms with E-state index < -0.39 is 0 Å². The molecule has 21 heavy (non-hydrogen) atoms. The summed E-state index contributed by atoms with van der Waals surface area (Å²) in [5.74, 6) is 0.197. The van der Waals surface area contributed by atoms with Gasteiger partial charge in [-0.05, 0) is 35.9 Å². The first-order valence-electron chi connectivity index (χ1n) is 6.36. The molecule has 108 valence electrons. The molecule has 2 aromatic carbocycles. The number of phenolic OH excluding ortho intramolecular Hbond substituents is 1. The largest absolute Gasteiger partial charge is 0.508 e. The molecule has 3 rings (SSSR count). The second-order valence-corrected chi connectivity index (χ2v) is 6.16. The van der Waals surface area contributed by atoms with E-state index in [1.807, 2.05) is 12.1 Å². The minimum atomic E-state index is -0.0251. The Hall–Kier alpha value is -1.72. The molecule has 3 N–H and O–H groups in total. The van der Waals surface area contributed by atoms with Crippen LogP contribution < -0.4 is 10.6 Å². The van der Waals surface area contributed by atoms with Gasteiger partial charge in [-0.2, -0.15) is 0 Å². The fourth-order valence-electron chi connectivity index (χ4n) is 2.27. The number of rotatable bonds is 3. The van der Waals surface area contributed by atoms with Gasteiger partial charge in [-0.25, -0.2) is 0 Å². The maximum Gasteiger partial charge on any atom is 0.228 e. The van der Waals surface area contributed by atoms with E-state index in [4.69, 9.17) is 11.6 Å². The zero-order chi connectivity index (χ0) is 15.0. The SMILES string of the molecule is O=C1Cc2cc(NCc3cc(Br)ccc3O)c(Cl)cc2N1. The van der Waals surface area contributed by atoms with Gasteiger partial charge in [0.25, 0.3) is 0 Å². The lowest BCUT2D eigenvalue weighted by molar-refractivity contribution is -0.115. The molecule has 1 aliphatic rings. The van der Waals surface area contributed by atoms with Gasteiger partial charge in [-0.1, -0.05) is 27.5 Å². The van der Waals surface area contributed by atoms with Gasteiger partial charge in [-0.15, -0.1) is 0 Å². The van der Waals surface area contributed by atoms with Crippen molar-refractivity contribution in [2.45, 2.75) is 13.0 Å². The van der Waals surface area contributed by atoms with Gasteiger partial charge in [0.05, 0.1) is 17.1 Å². The highest BCUT2D eigenvalue weighted by atomic mass is 79.9. The highest BCUT2D eigenvalue weighted by Crippen LogP contribution is 2.33. The van der Waals surface area contributed by atoms with Crippen LogP contribution in [0.15, 0.2) is 34.8 Å². The molecule has 1 amide bonds. The molecule has 4 nitrogen and oxygen atoms in total. The van der Waals surface area contributed by atoms with E-state index in [2.05, 4.69) is 26.6 Å². The Bertz CT molecular complexity index is 734. The fourth-order valence-corrected chi connectivity index (χ4v) is 2.91. The summed E-state index contributed by atoms with van der Waals surface area (Å²) in [5, 5.41) is 16.3. The number of halogens is 2. The van der Waals surface area contributed by atoms with Crippen molar-refractivity contribution in [3.63, 3.8) is 0 Å². The predicted molar refractivity (Wildman–Crippen MR) is 86.9 cm³/mol. The number of aromatic hydroxyl groups is 1. The molecule has 0 saturated heterocycles. The second kappa shape index (κ2) is 5.58. The first-order chi connectivity index (χ1) is 10.0. The average Bonchev–Trinajstić information content (AvgIpc) is 2.78. The molecule has 6 heteroatoms. The van der Waals surface area contributed by atoms with Gasteiger partial charge in [-0.3, -0.25) is 4.79 Å². The quantitative estimate of drug-likeness (QED) is 0.770. The first-order valence-corrected chi connectivity index (χ1v) is 7.53. The highest BCUT2D eigenvalue weighted by molar-refractivity contribution is 9.10. The molecule has 0 aromatic heterocycles. The summed E-state index contributed by atoms with van der Waals surface area (Å²) in [6, 6.07) is 8.86. The van der Waals surface area contributed by atoms with Crippen molar-refractivity contribution < 1.29 is 9.90 Å². The zero-order valence-corrected chi connectivity index (χ0v) is 13.3. The van der Waals surface area contributed by atoms with Crippen molar-refractivity contribution in [2.24, 2.45) is 0 Å². The van der Waals surface area contributed by atoms with E-state index in [0.29, 0.717) is 18.0 Å². The van der Waals surface area contributed by atoms with E-state index >= 15 is 0 Å². The van der Waals surface area contributed by atoms with E-state index in [0.717, 1.165) is 27.0 Å². The number of phenols is 1. The number of nitrogens with one attached hydrogen (secondary N) is 2. The van der Waals surface area contributed by atoms with Crippen LogP contribution in [0.1, 0.15) is 11.1 Å². The zero-order valence-electron chi connectivity index (χ0n) is 10.9. The Morgan fingerprint density at radius 1 is 1.33 bits per heavy atom. The van der Waals surface area contributed by atoms with Gasteiger partial charge in [0, 0.05) is 22.3 Å². The fraction of sp³-hybridized carbons (Fsp3) is 0.133. The van der Waals surface area contributed by atoms with Crippen LogP contribution in [0.25, 0.3) is 0 Å². The van der Waals surface area contributed by atoms with Crippen molar-refractivity contribution in [2.75, 3.05) is 10.6 Å². The van der Waals surface area contributed by atoms with Crippen LogP contribution >= 0.6 is 27.5 Å². The van der Waals surface area contributed by atoms with Crippen LogP contribution in [0.3, 0.4) is 0 Å². The molecule has 0 bridgehead atoms. The van der Waals surface area contributed by atoms with Crippen LogP contribution in [0.4, 0.5) is 11.4 Å². The Kier molecular flexibility index (Phi) is 3.78. The summed E-state index contributed by atoms with van der Waals surface area (Å²) in [4.78, 5) is 11.4. The maximum atomic E-state index is 11.4. The van der Waals surface area contributed by atoms with Crippen molar-refractivity contribution in [3.05, 3.63) is 51.0 Å². The molecular weight excluding hydrogens is 356 g/mol. The van der Waals surface area contributed by atoms with Crippen LogP contribution in [-0.2, 0) is 17.8 Å². The molecule has 1 heterocycles. The normalized spacial score (nSPS) is 13.0. The van der Waals surface area contributed by atoms with Crippen LogP contribution in [0, 0.1) is 0 Å². The number of carbonyl (C=O) groups is 1. The van der Waals surface area contributed by atoms with E-state index in [-0.39, 0.29) is 11.7 Å². The van der Waals surface area contributed by atoms with Gasteiger partial charge in [0.2, 0.25) is 5.91 Å². The predicted octanol–water partition coefficient (Wildman–Crippen LogP) is 3.91. The highest BCUT2D eigenvalue weighted by Gasteiger charge is 2.19. The van der Waals surface area contributed by atoms with Gasteiger partial charge in [0.1, 0.15) is 5.75 Å². The standard InChI is InChI=1S/C15H12BrClN2O2/c16-10-1-2-14(20)9(3-10)7-18-13-4-8-5-15(21)19-12(8)6-11(13)17/h1-4,6,18,20H,5,7H2,(H,19,21). The molecule has 0 aliphatic carbocycles. The summed E-state index contributed by atoms with van der Waals surface area (Å²) in [6.45, 7) is 0.436. The van der Waals surface area contributed by atoms with Gasteiger partial charge < -0.3 is 15.7 Å². The minimum absolute atomic E-state index is 0.0251. The Morgan fingerprint density at radius 2 is 2.14 bits per heavy atom. The monoisotopic (exact) mass is 366 g/mol. The minimum Gasteiger partial charge on any atom is -0.508 e. The number of carbonyl (C=O) groups excluding carboxylic acids is 1. The lowest BCUT2D eigenvalue weighted by Crippen LogP contribution is -2.03. The van der Waals surface area contributed by atoms with Gasteiger partial charge >= 0.3 is 0 Å². The number of anilines is 2. The number of amides is 1. The van der Waals surface area contributed by atoms with Crippen molar-refractivity contribution in [1.82, 2.24) is 0 Å². The van der Waals surface area contributed by atoms with Crippen molar-refractivity contribution in [3.8, 4) is 5.75 Å². The Labute approximate surface area is 135 Å². The molecule has 2 aromatic rings. The molecular formula is C15H12BrClN2O2. The number of hydrogen-bond donors (Lipinski definition) is 3. The van der Waals surface area contributed by atoms with Crippen LogP contribution in [0.2, 0.25) is 5.02 Å². The molecule has 0 saturated carbocycles. The van der Waals surface area contributed by atoms with Crippen molar-refractivity contribution >= 4 is 44.8 Å². The summed E-state index contributed by atoms with van der Waals surface area (Å²) in [6.07, 6.45) is 0.364. The lowest BCUT2D eigenvalue weighted by atomic mass is 10.1. The lowest BCUT2D eigenvalue weighted by Gasteiger charge is -2.12. The van der Waals surface area contributed by atoms with E-state index in [1.165, 1.54) is 0 Å². The smallest absolute Gasteiger partial charge is 0.228 e. The first kappa shape index (κ1) is 14.2. The Morgan fingerprint density at radius 3 is 2.95 bits per heavy atom. The molecule has 0 unspecified atom stereocenters. The molecule has 0 atom stereocenters. The molecule has 0 spiro atoms. The number of fused-ring (bicyclic) bond motifs is 1. The topological polar surface area (TPSA) is 61.4 Å². The summed E-state index contributed by atoms with van der Waals surface area (Å²) in [5.41, 5.74) is 3.19. The third-order valence-corrected chi connectivity index (χ3v) is 4.13. The maximum absolute atomic E-state index is 11.4. The molecule has 1 aliphatic heterocycles. The summed E-state index contributed by atoms with van der Waals surface area (Å²) >= 11 is 9.58. The summed E-state index contributed by atoms with van der Waals surface area (Å²) in [7, 11) is 0. The number of hydrogen-bond acceptors (Lipinski definition) is 3.